The Bertz CT molecular complexity index is 178. The maximum absolute atomic E-state index is 2.73. The van der Waals surface area contributed by atoms with E-state index in [0.717, 1.165) is 18.0 Å². The van der Waals surface area contributed by atoms with Gasteiger partial charge in [-0.05, 0) is 38.6 Å². The molecule has 0 unspecified atom stereocenters. The molecule has 2 saturated heterocycles. The van der Waals surface area contributed by atoms with Crippen LogP contribution in [-0.4, -0.2) is 24.0 Å². The van der Waals surface area contributed by atoms with Crippen LogP contribution in [0.2, 0.25) is 0 Å². The Labute approximate surface area is 88.9 Å². The molecular weight excluding hydrogens is 170 g/mol. The Morgan fingerprint density at radius 3 is 2.50 bits per heavy atom. The minimum absolute atomic E-state index is 0.912. The highest BCUT2D eigenvalue weighted by molar-refractivity contribution is 4.87. The first-order valence-electron chi connectivity index (χ1n) is 6.55. The van der Waals surface area contributed by atoms with Crippen molar-refractivity contribution in [2.75, 3.05) is 7.05 Å². The second-order valence-electron chi connectivity index (χ2n) is 5.27. The Morgan fingerprint density at radius 2 is 1.71 bits per heavy atom. The van der Waals surface area contributed by atoms with Crippen molar-refractivity contribution in [2.45, 2.75) is 70.4 Å². The molecule has 0 N–H and O–H groups in total. The van der Waals surface area contributed by atoms with Gasteiger partial charge in [-0.3, -0.25) is 0 Å². The molecule has 2 aliphatic rings. The van der Waals surface area contributed by atoms with Crippen LogP contribution in [-0.2, 0) is 0 Å². The molecule has 2 rings (SSSR count). The number of rotatable bonds is 1. The SMILES string of the molecule is CC[C@@H]1CCC[C@H]2CCCC[C@H]1N2C. The molecule has 1 heteroatoms. The number of nitrogens with zero attached hydrogens (tertiary/aromatic N) is 1. The van der Waals surface area contributed by atoms with E-state index in [9.17, 15) is 0 Å². The van der Waals surface area contributed by atoms with Gasteiger partial charge in [0.05, 0.1) is 0 Å². The van der Waals surface area contributed by atoms with Gasteiger partial charge in [0.2, 0.25) is 0 Å². The molecule has 0 aliphatic carbocycles. The Balaban J connectivity index is 2.12. The van der Waals surface area contributed by atoms with E-state index in [1.807, 2.05) is 0 Å². The molecule has 0 aromatic carbocycles. The quantitative estimate of drug-likeness (QED) is 0.619. The van der Waals surface area contributed by atoms with Crippen LogP contribution in [0.5, 0.6) is 0 Å². The van der Waals surface area contributed by atoms with E-state index in [2.05, 4.69) is 18.9 Å². The van der Waals surface area contributed by atoms with E-state index in [0.29, 0.717) is 0 Å². The van der Waals surface area contributed by atoms with E-state index >= 15 is 0 Å². The van der Waals surface area contributed by atoms with Gasteiger partial charge in [0, 0.05) is 12.1 Å². The van der Waals surface area contributed by atoms with Gasteiger partial charge < -0.3 is 4.90 Å². The van der Waals surface area contributed by atoms with Gasteiger partial charge in [-0.1, -0.05) is 32.6 Å². The molecule has 2 aliphatic heterocycles. The second-order valence-corrected chi connectivity index (χ2v) is 5.27. The minimum Gasteiger partial charge on any atom is -0.300 e. The molecule has 0 radical (unpaired) electrons. The van der Waals surface area contributed by atoms with Gasteiger partial charge in [-0.15, -0.1) is 0 Å². The third-order valence-electron chi connectivity index (χ3n) is 4.57. The van der Waals surface area contributed by atoms with Crippen LogP contribution in [0.4, 0.5) is 0 Å². The van der Waals surface area contributed by atoms with Crippen molar-refractivity contribution >= 4 is 0 Å². The Hall–Kier alpha value is -0.0400. The fourth-order valence-corrected chi connectivity index (χ4v) is 3.61. The van der Waals surface area contributed by atoms with Crippen LogP contribution in [0.15, 0.2) is 0 Å². The van der Waals surface area contributed by atoms with Crippen molar-refractivity contribution < 1.29 is 0 Å². The van der Waals surface area contributed by atoms with Crippen molar-refractivity contribution in [1.29, 1.82) is 0 Å². The van der Waals surface area contributed by atoms with Crippen LogP contribution in [0, 0.1) is 5.92 Å². The van der Waals surface area contributed by atoms with Crippen LogP contribution in [0.1, 0.15) is 58.3 Å². The van der Waals surface area contributed by atoms with E-state index in [1.54, 1.807) is 0 Å². The van der Waals surface area contributed by atoms with Crippen LogP contribution in [0.3, 0.4) is 0 Å². The molecule has 1 nitrogen and oxygen atoms in total. The lowest BCUT2D eigenvalue weighted by Crippen LogP contribution is -2.40. The van der Waals surface area contributed by atoms with Crippen LogP contribution < -0.4 is 0 Å². The highest BCUT2D eigenvalue weighted by Gasteiger charge is 2.32. The molecule has 2 fully saturated rings. The molecule has 0 spiro atoms. The number of fused-ring (bicyclic) bond motifs is 2. The molecular formula is C13H25N. The molecule has 3 atom stereocenters. The predicted octanol–water partition coefficient (Wildman–Crippen LogP) is 3.44. The zero-order valence-electron chi connectivity index (χ0n) is 9.84. The number of hydrogen-bond acceptors (Lipinski definition) is 1. The maximum atomic E-state index is 2.73. The summed E-state index contributed by atoms with van der Waals surface area (Å²) in [5.74, 6) is 0.989. The lowest BCUT2D eigenvalue weighted by Gasteiger charge is -2.34. The predicted molar refractivity (Wildman–Crippen MR) is 61.4 cm³/mol. The smallest absolute Gasteiger partial charge is 0.0123 e. The summed E-state index contributed by atoms with van der Waals surface area (Å²) in [6.07, 6.45) is 11.7. The van der Waals surface area contributed by atoms with Crippen molar-refractivity contribution in [1.82, 2.24) is 4.90 Å². The molecule has 0 aromatic heterocycles. The van der Waals surface area contributed by atoms with E-state index < -0.39 is 0 Å². The molecule has 0 aromatic rings. The molecule has 2 heterocycles. The zero-order valence-corrected chi connectivity index (χ0v) is 9.84. The van der Waals surface area contributed by atoms with Crippen LogP contribution >= 0.6 is 0 Å². The minimum atomic E-state index is 0.912. The molecule has 2 bridgehead atoms. The third kappa shape index (κ3) is 1.98. The normalized spacial score (nSPS) is 40.3. The first kappa shape index (κ1) is 10.5. The molecule has 14 heavy (non-hydrogen) atoms. The van der Waals surface area contributed by atoms with Gasteiger partial charge in [0.1, 0.15) is 0 Å². The third-order valence-corrected chi connectivity index (χ3v) is 4.57. The van der Waals surface area contributed by atoms with Crippen LogP contribution in [0.25, 0.3) is 0 Å². The van der Waals surface area contributed by atoms with Crippen molar-refractivity contribution in [2.24, 2.45) is 5.92 Å². The van der Waals surface area contributed by atoms with Gasteiger partial charge in [-0.2, -0.15) is 0 Å². The zero-order chi connectivity index (χ0) is 9.97. The van der Waals surface area contributed by atoms with Crippen molar-refractivity contribution in [3.63, 3.8) is 0 Å². The Morgan fingerprint density at radius 1 is 1.00 bits per heavy atom. The van der Waals surface area contributed by atoms with E-state index in [-0.39, 0.29) is 0 Å². The first-order valence-corrected chi connectivity index (χ1v) is 6.55. The standard InChI is InChI=1S/C13H25N/c1-3-11-7-6-9-12-8-4-5-10-13(11)14(12)2/h11-13H,3-10H2,1-2H3/t11-,12-,13-/m1/s1. The summed E-state index contributed by atoms with van der Waals surface area (Å²) in [4.78, 5) is 2.73. The highest BCUT2D eigenvalue weighted by atomic mass is 15.2. The summed E-state index contributed by atoms with van der Waals surface area (Å²) in [5.41, 5.74) is 0. The summed E-state index contributed by atoms with van der Waals surface area (Å²) in [5, 5.41) is 0. The largest absolute Gasteiger partial charge is 0.300 e. The highest BCUT2D eigenvalue weighted by Crippen LogP contribution is 2.34. The summed E-state index contributed by atoms with van der Waals surface area (Å²) in [6.45, 7) is 2.38. The lowest BCUT2D eigenvalue weighted by molar-refractivity contribution is 0.138. The second kappa shape index (κ2) is 4.65. The van der Waals surface area contributed by atoms with Gasteiger partial charge in [0.25, 0.3) is 0 Å². The monoisotopic (exact) mass is 195 g/mol. The van der Waals surface area contributed by atoms with Crippen molar-refractivity contribution in [3.8, 4) is 0 Å². The van der Waals surface area contributed by atoms with Gasteiger partial charge in [0.15, 0.2) is 0 Å². The van der Waals surface area contributed by atoms with Crippen molar-refractivity contribution in [3.05, 3.63) is 0 Å². The molecule has 82 valence electrons. The van der Waals surface area contributed by atoms with Gasteiger partial charge >= 0.3 is 0 Å². The first-order chi connectivity index (χ1) is 6.83. The summed E-state index contributed by atoms with van der Waals surface area (Å²) >= 11 is 0. The average Bonchev–Trinajstić information content (AvgIpc) is 2.47. The summed E-state index contributed by atoms with van der Waals surface area (Å²) in [6, 6.07) is 1.83. The van der Waals surface area contributed by atoms with E-state index in [1.165, 1.54) is 51.4 Å². The van der Waals surface area contributed by atoms with E-state index in [4.69, 9.17) is 0 Å². The molecule has 0 saturated carbocycles. The lowest BCUT2D eigenvalue weighted by atomic mass is 9.89. The summed E-state index contributed by atoms with van der Waals surface area (Å²) in [7, 11) is 2.38. The fraction of sp³-hybridized carbons (Fsp3) is 1.00. The summed E-state index contributed by atoms with van der Waals surface area (Å²) < 4.78 is 0. The Kier molecular flexibility index (Phi) is 3.48. The average molecular weight is 195 g/mol. The van der Waals surface area contributed by atoms with Gasteiger partial charge in [-0.25, -0.2) is 0 Å². The maximum Gasteiger partial charge on any atom is 0.0123 e. The topological polar surface area (TPSA) is 3.24 Å². The molecule has 0 amide bonds. The fourth-order valence-electron chi connectivity index (χ4n) is 3.61. The number of hydrogen-bond donors (Lipinski definition) is 0.